The van der Waals surface area contributed by atoms with E-state index in [0.717, 1.165) is 0 Å². The Morgan fingerprint density at radius 1 is 1.50 bits per heavy atom. The summed E-state index contributed by atoms with van der Waals surface area (Å²) in [5, 5.41) is 19.5. The van der Waals surface area contributed by atoms with Crippen LogP contribution in [0.3, 0.4) is 0 Å². The summed E-state index contributed by atoms with van der Waals surface area (Å²) in [5.74, 6) is -0.0544. The lowest BCUT2D eigenvalue weighted by Gasteiger charge is -2.21. The first-order valence-corrected chi connectivity index (χ1v) is 4.93. The van der Waals surface area contributed by atoms with Crippen molar-refractivity contribution < 1.29 is 9.90 Å². The predicted molar refractivity (Wildman–Crippen MR) is 59.9 cm³/mol. The Bertz CT molecular complexity index is 362. The van der Waals surface area contributed by atoms with Crippen LogP contribution in [0.15, 0.2) is 12.1 Å². The molecule has 0 aliphatic heterocycles. The molecule has 0 saturated heterocycles. The van der Waals surface area contributed by atoms with Crippen LogP contribution in [0.4, 0.5) is 5.82 Å². The molecule has 88 valence electrons. The van der Waals surface area contributed by atoms with Crippen LogP contribution in [-0.2, 0) is 0 Å². The lowest BCUT2D eigenvalue weighted by molar-refractivity contribution is 0.0994. The van der Waals surface area contributed by atoms with E-state index in [1.807, 2.05) is 13.8 Å². The van der Waals surface area contributed by atoms with Gasteiger partial charge in [0.15, 0.2) is 5.69 Å². The maximum atomic E-state index is 10.7. The Kier molecular flexibility index (Phi) is 3.78. The zero-order valence-corrected chi connectivity index (χ0v) is 9.40. The standard InChI is InChI=1S/C10H16N4O2/c1-10(2,6-15)5-12-8-4-3-7(9(11)16)13-14-8/h3-4,15H,5-6H2,1-2H3,(H2,11,16)(H,12,14). The van der Waals surface area contributed by atoms with E-state index >= 15 is 0 Å². The van der Waals surface area contributed by atoms with Crippen LogP contribution in [-0.4, -0.2) is 34.4 Å². The molecular formula is C10H16N4O2. The molecule has 1 aromatic rings. The number of anilines is 1. The van der Waals surface area contributed by atoms with E-state index in [2.05, 4.69) is 15.5 Å². The van der Waals surface area contributed by atoms with Gasteiger partial charge in [-0.2, -0.15) is 0 Å². The highest BCUT2D eigenvalue weighted by Gasteiger charge is 2.16. The predicted octanol–water partition coefficient (Wildman–Crippen LogP) is 0.00590. The fraction of sp³-hybridized carbons (Fsp3) is 0.500. The molecule has 1 heterocycles. The quantitative estimate of drug-likeness (QED) is 0.653. The number of nitrogens with zero attached hydrogens (tertiary/aromatic N) is 2. The molecular weight excluding hydrogens is 208 g/mol. The van der Waals surface area contributed by atoms with Crippen molar-refractivity contribution in [3.05, 3.63) is 17.8 Å². The van der Waals surface area contributed by atoms with Gasteiger partial charge in [-0.05, 0) is 12.1 Å². The maximum absolute atomic E-state index is 10.7. The molecule has 0 unspecified atom stereocenters. The van der Waals surface area contributed by atoms with Gasteiger partial charge in [0.05, 0.1) is 0 Å². The van der Waals surface area contributed by atoms with Crippen LogP contribution in [0.1, 0.15) is 24.3 Å². The molecule has 1 aromatic heterocycles. The Morgan fingerprint density at radius 3 is 2.62 bits per heavy atom. The van der Waals surface area contributed by atoms with Gasteiger partial charge >= 0.3 is 0 Å². The van der Waals surface area contributed by atoms with Gasteiger partial charge in [-0.1, -0.05) is 13.8 Å². The largest absolute Gasteiger partial charge is 0.396 e. The zero-order chi connectivity index (χ0) is 12.2. The second-order valence-corrected chi connectivity index (χ2v) is 4.34. The Hall–Kier alpha value is -1.69. The van der Waals surface area contributed by atoms with Gasteiger partial charge < -0.3 is 16.2 Å². The van der Waals surface area contributed by atoms with Crippen LogP contribution in [0, 0.1) is 5.41 Å². The van der Waals surface area contributed by atoms with Gasteiger partial charge in [0.1, 0.15) is 5.82 Å². The number of carbonyl (C=O) groups excluding carboxylic acids is 1. The van der Waals surface area contributed by atoms with Crippen LogP contribution in [0.25, 0.3) is 0 Å². The number of hydrogen-bond donors (Lipinski definition) is 3. The van der Waals surface area contributed by atoms with Gasteiger partial charge in [0.25, 0.3) is 5.91 Å². The normalized spacial score (nSPS) is 11.2. The van der Waals surface area contributed by atoms with E-state index in [9.17, 15) is 4.79 Å². The minimum atomic E-state index is -0.602. The Morgan fingerprint density at radius 2 is 2.19 bits per heavy atom. The molecule has 0 aliphatic carbocycles. The summed E-state index contributed by atoms with van der Waals surface area (Å²) >= 11 is 0. The number of rotatable bonds is 5. The highest BCUT2D eigenvalue weighted by atomic mass is 16.3. The zero-order valence-electron chi connectivity index (χ0n) is 9.40. The molecule has 0 aromatic carbocycles. The fourth-order valence-corrected chi connectivity index (χ4v) is 0.944. The smallest absolute Gasteiger partial charge is 0.269 e. The number of nitrogens with one attached hydrogen (secondary N) is 1. The lowest BCUT2D eigenvalue weighted by atomic mass is 9.95. The highest BCUT2D eigenvalue weighted by Crippen LogP contribution is 2.14. The fourth-order valence-electron chi connectivity index (χ4n) is 0.944. The highest BCUT2D eigenvalue weighted by molar-refractivity contribution is 5.90. The molecule has 0 fully saturated rings. The first-order valence-electron chi connectivity index (χ1n) is 4.93. The number of aliphatic hydroxyl groups is 1. The molecule has 0 radical (unpaired) electrons. The van der Waals surface area contributed by atoms with E-state index in [1.165, 1.54) is 6.07 Å². The molecule has 1 amide bonds. The Balaban J connectivity index is 2.59. The van der Waals surface area contributed by atoms with Crippen LogP contribution in [0.2, 0.25) is 0 Å². The number of nitrogens with two attached hydrogens (primary N) is 1. The van der Waals surface area contributed by atoms with E-state index in [0.29, 0.717) is 12.4 Å². The van der Waals surface area contributed by atoms with Crippen molar-refractivity contribution in [2.75, 3.05) is 18.5 Å². The second-order valence-electron chi connectivity index (χ2n) is 4.34. The SMILES string of the molecule is CC(C)(CO)CNc1ccc(C(N)=O)nn1. The first-order chi connectivity index (χ1) is 7.44. The van der Waals surface area contributed by atoms with Crippen LogP contribution in [0.5, 0.6) is 0 Å². The van der Waals surface area contributed by atoms with E-state index in [1.54, 1.807) is 6.07 Å². The number of aliphatic hydroxyl groups excluding tert-OH is 1. The average molecular weight is 224 g/mol. The van der Waals surface area contributed by atoms with Crippen molar-refractivity contribution in [3.8, 4) is 0 Å². The third-order valence-corrected chi connectivity index (χ3v) is 2.09. The summed E-state index contributed by atoms with van der Waals surface area (Å²) in [4.78, 5) is 10.7. The third-order valence-electron chi connectivity index (χ3n) is 2.09. The second kappa shape index (κ2) is 4.89. The van der Waals surface area contributed by atoms with Crippen molar-refractivity contribution >= 4 is 11.7 Å². The van der Waals surface area contributed by atoms with Crippen molar-refractivity contribution in [2.24, 2.45) is 11.1 Å². The molecule has 0 saturated carbocycles. The van der Waals surface area contributed by atoms with E-state index in [4.69, 9.17) is 10.8 Å². The third kappa shape index (κ3) is 3.47. The number of aromatic nitrogens is 2. The number of hydrogen-bond acceptors (Lipinski definition) is 5. The topological polar surface area (TPSA) is 101 Å². The number of amides is 1. The molecule has 1 rings (SSSR count). The average Bonchev–Trinajstić information content (AvgIpc) is 2.27. The van der Waals surface area contributed by atoms with Gasteiger partial charge in [0, 0.05) is 18.6 Å². The van der Waals surface area contributed by atoms with Gasteiger partial charge in [-0.25, -0.2) is 0 Å². The van der Waals surface area contributed by atoms with Crippen molar-refractivity contribution in [3.63, 3.8) is 0 Å². The van der Waals surface area contributed by atoms with Crippen molar-refractivity contribution in [2.45, 2.75) is 13.8 Å². The molecule has 0 bridgehead atoms. The van der Waals surface area contributed by atoms with E-state index in [-0.39, 0.29) is 17.7 Å². The molecule has 0 atom stereocenters. The number of primary amides is 1. The summed E-state index contributed by atoms with van der Waals surface area (Å²) in [6, 6.07) is 3.13. The minimum absolute atomic E-state index is 0.0762. The summed E-state index contributed by atoms with van der Waals surface area (Å²) < 4.78 is 0. The number of carbonyl (C=O) groups is 1. The van der Waals surface area contributed by atoms with Crippen LogP contribution >= 0.6 is 0 Å². The minimum Gasteiger partial charge on any atom is -0.396 e. The van der Waals surface area contributed by atoms with Crippen molar-refractivity contribution in [1.29, 1.82) is 0 Å². The van der Waals surface area contributed by atoms with Gasteiger partial charge in [0.2, 0.25) is 0 Å². The first kappa shape index (κ1) is 12.4. The Labute approximate surface area is 93.9 Å². The summed E-state index contributed by atoms with van der Waals surface area (Å²) in [6.45, 7) is 4.48. The summed E-state index contributed by atoms with van der Waals surface area (Å²) in [7, 11) is 0. The molecule has 16 heavy (non-hydrogen) atoms. The lowest BCUT2D eigenvalue weighted by Crippen LogP contribution is -2.27. The molecule has 6 nitrogen and oxygen atoms in total. The molecule has 4 N–H and O–H groups in total. The van der Waals surface area contributed by atoms with Gasteiger partial charge in [-0.3, -0.25) is 4.79 Å². The summed E-state index contributed by atoms with van der Waals surface area (Å²) in [5.41, 5.74) is 4.93. The van der Waals surface area contributed by atoms with Gasteiger partial charge in [-0.15, -0.1) is 10.2 Å². The van der Waals surface area contributed by atoms with Crippen molar-refractivity contribution in [1.82, 2.24) is 10.2 Å². The molecule has 0 aliphatic rings. The van der Waals surface area contributed by atoms with E-state index < -0.39 is 5.91 Å². The molecule has 0 spiro atoms. The maximum Gasteiger partial charge on any atom is 0.269 e. The summed E-state index contributed by atoms with van der Waals surface area (Å²) in [6.07, 6.45) is 0. The van der Waals surface area contributed by atoms with Crippen LogP contribution < -0.4 is 11.1 Å². The monoisotopic (exact) mass is 224 g/mol. The molecule has 6 heteroatoms.